The van der Waals surface area contributed by atoms with Crippen LogP contribution in [0.5, 0.6) is 0 Å². The second-order valence-corrected chi connectivity index (χ2v) is 4.40. The van der Waals surface area contributed by atoms with Crippen LogP contribution in [0.4, 0.5) is 0 Å². The maximum Gasteiger partial charge on any atom is 0.474 e. The fourth-order valence-corrected chi connectivity index (χ4v) is 1.80. The van der Waals surface area contributed by atoms with E-state index < -0.39 is 20.0 Å². The van der Waals surface area contributed by atoms with E-state index in [9.17, 15) is 9.67 Å². The van der Waals surface area contributed by atoms with E-state index >= 15 is 0 Å². The zero-order chi connectivity index (χ0) is 9.90. The Morgan fingerprint density at radius 1 is 1.38 bits per heavy atom. The molecule has 0 aromatic rings. The summed E-state index contributed by atoms with van der Waals surface area (Å²) in [7, 11) is -1.08. The van der Waals surface area contributed by atoms with Crippen LogP contribution >= 0.6 is 7.82 Å². The average molecular weight is 212 g/mol. The first-order valence-electron chi connectivity index (χ1n) is 3.77. The molecule has 6 nitrogen and oxygen atoms in total. The summed E-state index contributed by atoms with van der Waals surface area (Å²) in [6.45, 7) is 0.371. The summed E-state index contributed by atoms with van der Waals surface area (Å²) in [5.74, 6) is 0. The molecule has 1 heterocycles. The maximum absolute atomic E-state index is 11.4. The Morgan fingerprint density at radius 2 is 2.00 bits per heavy atom. The quantitative estimate of drug-likeness (QED) is 0.669. The van der Waals surface area contributed by atoms with Crippen LogP contribution in [-0.4, -0.2) is 44.7 Å². The van der Waals surface area contributed by atoms with Crippen LogP contribution in [0.3, 0.4) is 0 Å². The smallest absolute Gasteiger partial charge is 0.388 e. The van der Waals surface area contributed by atoms with E-state index in [1.807, 2.05) is 0 Å². The monoisotopic (exact) mass is 212 g/mol. The SMILES string of the molecule is COP(=O)(OC)O[C@@H]1COC[C@@H]1O. The van der Waals surface area contributed by atoms with E-state index in [1.165, 1.54) is 14.2 Å². The molecular weight excluding hydrogens is 199 g/mol. The van der Waals surface area contributed by atoms with Gasteiger partial charge in [-0.3, -0.25) is 13.6 Å². The van der Waals surface area contributed by atoms with Gasteiger partial charge < -0.3 is 9.84 Å². The number of aliphatic hydroxyl groups is 1. The van der Waals surface area contributed by atoms with Crippen LogP contribution in [0.1, 0.15) is 0 Å². The first-order chi connectivity index (χ1) is 6.11. The lowest BCUT2D eigenvalue weighted by Gasteiger charge is -2.18. The van der Waals surface area contributed by atoms with Gasteiger partial charge in [0.1, 0.15) is 12.2 Å². The molecule has 2 atom stereocenters. The maximum atomic E-state index is 11.4. The van der Waals surface area contributed by atoms with Gasteiger partial charge in [-0.25, -0.2) is 4.57 Å². The van der Waals surface area contributed by atoms with E-state index in [0.717, 1.165) is 0 Å². The number of hydrogen-bond donors (Lipinski definition) is 1. The largest absolute Gasteiger partial charge is 0.474 e. The average Bonchev–Trinajstić information content (AvgIpc) is 2.52. The molecule has 0 aliphatic carbocycles. The lowest BCUT2D eigenvalue weighted by atomic mass is 10.3. The second kappa shape index (κ2) is 4.50. The van der Waals surface area contributed by atoms with Crippen molar-refractivity contribution in [1.82, 2.24) is 0 Å². The molecule has 0 radical (unpaired) electrons. The first-order valence-corrected chi connectivity index (χ1v) is 5.23. The number of ether oxygens (including phenoxy) is 1. The van der Waals surface area contributed by atoms with Gasteiger partial charge >= 0.3 is 7.82 Å². The fraction of sp³-hybridized carbons (Fsp3) is 1.00. The Balaban J connectivity index is 2.51. The molecular formula is C6H13O6P. The molecule has 1 aliphatic heterocycles. The number of phosphoric acid groups is 1. The van der Waals surface area contributed by atoms with Crippen molar-refractivity contribution in [2.75, 3.05) is 27.4 Å². The summed E-state index contributed by atoms with van der Waals surface area (Å²) < 4.78 is 30.3. The van der Waals surface area contributed by atoms with Crippen LogP contribution in [0.2, 0.25) is 0 Å². The Bertz CT molecular complexity index is 199. The summed E-state index contributed by atoms with van der Waals surface area (Å²) in [6, 6.07) is 0. The topological polar surface area (TPSA) is 74.2 Å². The van der Waals surface area contributed by atoms with Crippen LogP contribution in [0.25, 0.3) is 0 Å². The molecule has 0 aromatic carbocycles. The van der Waals surface area contributed by atoms with Gasteiger partial charge in [0.2, 0.25) is 0 Å². The zero-order valence-corrected chi connectivity index (χ0v) is 8.40. The lowest BCUT2D eigenvalue weighted by Crippen LogP contribution is -2.26. The predicted octanol–water partition coefficient (Wildman–Crippen LogP) is 0.164. The van der Waals surface area contributed by atoms with Gasteiger partial charge in [0.15, 0.2) is 0 Å². The van der Waals surface area contributed by atoms with Gasteiger partial charge in [-0.15, -0.1) is 0 Å². The molecule has 0 amide bonds. The van der Waals surface area contributed by atoms with Crippen molar-refractivity contribution >= 4 is 7.82 Å². The highest BCUT2D eigenvalue weighted by atomic mass is 31.2. The van der Waals surface area contributed by atoms with Crippen molar-refractivity contribution < 1.29 is 28.0 Å². The molecule has 1 rings (SSSR count). The number of aliphatic hydroxyl groups excluding tert-OH is 1. The zero-order valence-electron chi connectivity index (χ0n) is 7.50. The van der Waals surface area contributed by atoms with E-state index in [0.29, 0.717) is 0 Å². The van der Waals surface area contributed by atoms with Crippen LogP contribution < -0.4 is 0 Å². The van der Waals surface area contributed by atoms with Crippen molar-refractivity contribution in [3.05, 3.63) is 0 Å². The molecule has 1 saturated heterocycles. The van der Waals surface area contributed by atoms with Gasteiger partial charge in [0, 0.05) is 14.2 Å². The number of hydrogen-bond acceptors (Lipinski definition) is 6. The van der Waals surface area contributed by atoms with Crippen LogP contribution in [0, 0.1) is 0 Å². The number of rotatable bonds is 4. The van der Waals surface area contributed by atoms with E-state index in [-0.39, 0.29) is 13.2 Å². The molecule has 0 saturated carbocycles. The molecule has 13 heavy (non-hydrogen) atoms. The molecule has 7 heteroatoms. The molecule has 0 unspecified atom stereocenters. The highest BCUT2D eigenvalue weighted by Gasteiger charge is 2.35. The third-order valence-corrected chi connectivity index (χ3v) is 3.14. The van der Waals surface area contributed by atoms with E-state index in [1.54, 1.807) is 0 Å². The van der Waals surface area contributed by atoms with Crippen LogP contribution in [0.15, 0.2) is 0 Å². The standard InChI is InChI=1S/C6H13O6P/c1-9-13(8,10-2)12-6-4-11-3-5(6)7/h5-7H,3-4H2,1-2H3/t5-,6+/m0/s1. The molecule has 1 aliphatic rings. The fourth-order valence-electron chi connectivity index (χ4n) is 0.950. The van der Waals surface area contributed by atoms with E-state index in [2.05, 4.69) is 9.05 Å². The highest BCUT2D eigenvalue weighted by Crippen LogP contribution is 2.49. The van der Waals surface area contributed by atoms with Gasteiger partial charge in [-0.1, -0.05) is 0 Å². The van der Waals surface area contributed by atoms with Crippen molar-refractivity contribution in [3.63, 3.8) is 0 Å². The van der Waals surface area contributed by atoms with E-state index in [4.69, 9.17) is 9.26 Å². The Hall–Kier alpha value is 0.0300. The van der Waals surface area contributed by atoms with Crippen molar-refractivity contribution in [2.45, 2.75) is 12.2 Å². The third-order valence-electron chi connectivity index (χ3n) is 1.71. The summed E-state index contributed by atoms with van der Waals surface area (Å²) >= 11 is 0. The first kappa shape index (κ1) is 11.1. The molecule has 1 N–H and O–H groups in total. The summed E-state index contributed by atoms with van der Waals surface area (Å²) in [6.07, 6.45) is -1.43. The summed E-state index contributed by atoms with van der Waals surface area (Å²) in [5, 5.41) is 9.26. The molecule has 1 fully saturated rings. The second-order valence-electron chi connectivity index (χ2n) is 2.56. The molecule has 0 bridgehead atoms. The van der Waals surface area contributed by atoms with Crippen LogP contribution in [-0.2, 0) is 22.9 Å². The molecule has 0 aromatic heterocycles. The summed E-state index contributed by atoms with van der Waals surface area (Å²) in [5.41, 5.74) is 0. The summed E-state index contributed by atoms with van der Waals surface area (Å²) in [4.78, 5) is 0. The predicted molar refractivity (Wildman–Crippen MR) is 43.3 cm³/mol. The minimum absolute atomic E-state index is 0.179. The minimum Gasteiger partial charge on any atom is -0.388 e. The lowest BCUT2D eigenvalue weighted by molar-refractivity contribution is 0.0395. The minimum atomic E-state index is -3.51. The van der Waals surface area contributed by atoms with Crippen molar-refractivity contribution in [2.24, 2.45) is 0 Å². The normalized spacial score (nSPS) is 29.5. The Morgan fingerprint density at radius 3 is 2.38 bits per heavy atom. The molecule has 0 spiro atoms. The Kier molecular flexibility index (Phi) is 3.85. The van der Waals surface area contributed by atoms with Gasteiger partial charge in [0.25, 0.3) is 0 Å². The van der Waals surface area contributed by atoms with Crippen molar-refractivity contribution in [1.29, 1.82) is 0 Å². The Labute approximate surface area is 76.4 Å². The van der Waals surface area contributed by atoms with Crippen molar-refractivity contribution in [3.8, 4) is 0 Å². The van der Waals surface area contributed by atoms with Gasteiger partial charge in [0.05, 0.1) is 13.2 Å². The number of phosphoric ester groups is 1. The molecule has 78 valence electrons. The highest BCUT2D eigenvalue weighted by molar-refractivity contribution is 7.48. The van der Waals surface area contributed by atoms with Gasteiger partial charge in [-0.2, -0.15) is 0 Å². The van der Waals surface area contributed by atoms with Gasteiger partial charge in [-0.05, 0) is 0 Å². The third kappa shape index (κ3) is 2.74.